The number of aromatic nitrogens is 2. The summed E-state index contributed by atoms with van der Waals surface area (Å²) in [7, 11) is 0. The maximum Gasteiger partial charge on any atom is 0.328 e. The predicted octanol–water partition coefficient (Wildman–Crippen LogP) is 3.37. The minimum atomic E-state index is -0.400. The van der Waals surface area contributed by atoms with Crippen LogP contribution in [0.4, 0.5) is 5.95 Å². The molecule has 0 aliphatic carbocycles. The van der Waals surface area contributed by atoms with E-state index in [2.05, 4.69) is 17.2 Å². The van der Waals surface area contributed by atoms with E-state index in [4.69, 9.17) is 4.74 Å². The molecule has 5 heteroatoms. The summed E-state index contributed by atoms with van der Waals surface area (Å²) >= 11 is 0. The fourth-order valence-corrected chi connectivity index (χ4v) is 2.23. The third-order valence-corrected chi connectivity index (χ3v) is 3.31. The van der Waals surface area contributed by atoms with Crippen molar-refractivity contribution in [1.29, 1.82) is 0 Å². The Morgan fingerprint density at radius 3 is 2.81 bits per heavy atom. The molecule has 0 radical (unpaired) electrons. The van der Waals surface area contributed by atoms with Crippen molar-refractivity contribution >= 4 is 23.0 Å². The van der Waals surface area contributed by atoms with E-state index in [0.717, 1.165) is 36.4 Å². The Labute approximate surface area is 125 Å². The van der Waals surface area contributed by atoms with E-state index in [1.54, 1.807) is 0 Å². The quantitative estimate of drug-likeness (QED) is 0.794. The van der Waals surface area contributed by atoms with Crippen molar-refractivity contribution in [3.63, 3.8) is 0 Å². The number of ether oxygens (including phenoxy) is 1. The third-order valence-electron chi connectivity index (χ3n) is 3.31. The summed E-state index contributed by atoms with van der Waals surface area (Å²) in [5, 5.41) is 3.29. The van der Waals surface area contributed by atoms with Crippen molar-refractivity contribution in [3.8, 4) is 0 Å². The molecule has 0 saturated heterocycles. The summed E-state index contributed by atoms with van der Waals surface area (Å²) in [5.74, 6) is 0.499. The third kappa shape index (κ3) is 3.35. The number of carbonyl (C=O) groups excluding carboxylic acids is 1. The molecule has 2 aromatic rings. The maximum atomic E-state index is 12.2. The Morgan fingerprint density at radius 2 is 2.10 bits per heavy atom. The van der Waals surface area contributed by atoms with Crippen molar-refractivity contribution in [2.24, 2.45) is 0 Å². The number of hydrogen-bond acceptors (Lipinski definition) is 4. The van der Waals surface area contributed by atoms with E-state index in [1.165, 1.54) is 0 Å². The SMILES string of the molecule is CCCNc1nc2ccccc2n1C(C)C(=O)OCCC. The Balaban J connectivity index is 2.36. The molecule has 0 fully saturated rings. The molecule has 1 unspecified atom stereocenters. The molecular weight excluding hydrogens is 266 g/mol. The average molecular weight is 289 g/mol. The van der Waals surface area contributed by atoms with Crippen LogP contribution in [-0.2, 0) is 9.53 Å². The van der Waals surface area contributed by atoms with E-state index in [-0.39, 0.29) is 5.97 Å². The number of anilines is 1. The Kier molecular flexibility index (Phi) is 5.20. The first-order valence-corrected chi connectivity index (χ1v) is 7.56. The number of benzene rings is 1. The number of carbonyl (C=O) groups is 1. The number of esters is 1. The lowest BCUT2D eigenvalue weighted by Crippen LogP contribution is -2.21. The first-order valence-electron chi connectivity index (χ1n) is 7.56. The topological polar surface area (TPSA) is 56.2 Å². The van der Waals surface area contributed by atoms with E-state index >= 15 is 0 Å². The molecule has 114 valence electrons. The second-order valence-electron chi connectivity index (χ2n) is 5.06. The van der Waals surface area contributed by atoms with Crippen LogP contribution in [0.1, 0.15) is 39.7 Å². The molecule has 0 amide bonds. The van der Waals surface area contributed by atoms with E-state index in [9.17, 15) is 4.79 Å². The fraction of sp³-hybridized carbons (Fsp3) is 0.500. The van der Waals surface area contributed by atoms with Gasteiger partial charge in [0, 0.05) is 6.54 Å². The van der Waals surface area contributed by atoms with Crippen LogP contribution in [0.3, 0.4) is 0 Å². The van der Waals surface area contributed by atoms with Crippen molar-refractivity contribution < 1.29 is 9.53 Å². The lowest BCUT2D eigenvalue weighted by Gasteiger charge is -2.17. The zero-order valence-corrected chi connectivity index (χ0v) is 12.9. The van der Waals surface area contributed by atoms with Crippen LogP contribution in [0, 0.1) is 0 Å². The van der Waals surface area contributed by atoms with E-state index in [1.807, 2.05) is 42.7 Å². The summed E-state index contributed by atoms with van der Waals surface area (Å²) in [6.45, 7) is 7.20. The molecule has 0 bridgehead atoms. The van der Waals surface area contributed by atoms with Crippen molar-refractivity contribution in [2.75, 3.05) is 18.5 Å². The molecule has 2 rings (SSSR count). The molecule has 5 nitrogen and oxygen atoms in total. The zero-order valence-electron chi connectivity index (χ0n) is 12.9. The molecule has 1 N–H and O–H groups in total. The van der Waals surface area contributed by atoms with Crippen molar-refractivity contribution in [1.82, 2.24) is 9.55 Å². The largest absolute Gasteiger partial charge is 0.464 e. The zero-order chi connectivity index (χ0) is 15.2. The summed E-state index contributed by atoms with van der Waals surface area (Å²) in [5.41, 5.74) is 1.82. The van der Waals surface area contributed by atoms with Crippen LogP contribution in [-0.4, -0.2) is 28.7 Å². The number of rotatable bonds is 7. The van der Waals surface area contributed by atoms with Gasteiger partial charge >= 0.3 is 5.97 Å². The maximum absolute atomic E-state index is 12.2. The van der Waals surface area contributed by atoms with Crippen LogP contribution in [0.25, 0.3) is 11.0 Å². The molecule has 1 atom stereocenters. The number of imidazole rings is 1. The molecule has 1 aromatic carbocycles. The highest BCUT2D eigenvalue weighted by molar-refractivity contribution is 5.83. The van der Waals surface area contributed by atoms with E-state index < -0.39 is 6.04 Å². The molecule has 0 aliphatic heterocycles. The lowest BCUT2D eigenvalue weighted by atomic mass is 10.3. The van der Waals surface area contributed by atoms with Gasteiger partial charge < -0.3 is 10.1 Å². The number of nitrogens with one attached hydrogen (secondary N) is 1. The minimum Gasteiger partial charge on any atom is -0.464 e. The second kappa shape index (κ2) is 7.11. The van der Waals surface area contributed by atoms with Gasteiger partial charge in [-0.2, -0.15) is 0 Å². The summed E-state index contributed by atoms with van der Waals surface area (Å²) in [4.78, 5) is 16.7. The van der Waals surface area contributed by atoms with Gasteiger partial charge in [0.15, 0.2) is 0 Å². The van der Waals surface area contributed by atoms with Crippen LogP contribution < -0.4 is 5.32 Å². The van der Waals surface area contributed by atoms with Crippen LogP contribution >= 0.6 is 0 Å². The van der Waals surface area contributed by atoms with Gasteiger partial charge in [0.25, 0.3) is 0 Å². The number of hydrogen-bond donors (Lipinski definition) is 1. The Hall–Kier alpha value is -2.04. The monoisotopic (exact) mass is 289 g/mol. The van der Waals surface area contributed by atoms with Gasteiger partial charge in [0.05, 0.1) is 17.6 Å². The van der Waals surface area contributed by atoms with Gasteiger partial charge in [0.2, 0.25) is 5.95 Å². The number of nitrogens with zero attached hydrogens (tertiary/aromatic N) is 2. The predicted molar refractivity (Wildman–Crippen MR) is 84.5 cm³/mol. The van der Waals surface area contributed by atoms with Crippen molar-refractivity contribution in [3.05, 3.63) is 24.3 Å². The van der Waals surface area contributed by atoms with Gasteiger partial charge in [-0.3, -0.25) is 4.57 Å². The molecule has 1 aromatic heterocycles. The summed E-state index contributed by atoms with van der Waals surface area (Å²) < 4.78 is 7.19. The number of fused-ring (bicyclic) bond motifs is 1. The second-order valence-corrected chi connectivity index (χ2v) is 5.06. The molecule has 0 spiro atoms. The summed E-state index contributed by atoms with van der Waals surface area (Å²) in [6.07, 6.45) is 1.82. The molecule has 21 heavy (non-hydrogen) atoms. The number of para-hydroxylation sites is 2. The van der Waals surface area contributed by atoms with Gasteiger partial charge in [-0.1, -0.05) is 26.0 Å². The fourth-order valence-electron chi connectivity index (χ4n) is 2.23. The van der Waals surface area contributed by atoms with Gasteiger partial charge in [-0.25, -0.2) is 9.78 Å². The highest BCUT2D eigenvalue weighted by Gasteiger charge is 2.22. The van der Waals surface area contributed by atoms with Crippen LogP contribution in [0.15, 0.2) is 24.3 Å². The van der Waals surface area contributed by atoms with Gasteiger partial charge in [-0.15, -0.1) is 0 Å². The van der Waals surface area contributed by atoms with E-state index in [0.29, 0.717) is 6.61 Å². The average Bonchev–Trinajstić information content (AvgIpc) is 2.87. The Morgan fingerprint density at radius 1 is 1.33 bits per heavy atom. The standard InChI is InChI=1S/C16H23N3O2/c1-4-10-17-16-18-13-8-6-7-9-14(13)19(16)12(3)15(20)21-11-5-2/h6-9,12H,4-5,10-11H2,1-3H3,(H,17,18). The van der Waals surface area contributed by atoms with Gasteiger partial charge in [0.1, 0.15) is 6.04 Å². The highest BCUT2D eigenvalue weighted by atomic mass is 16.5. The molecule has 1 heterocycles. The minimum absolute atomic E-state index is 0.223. The van der Waals surface area contributed by atoms with Crippen molar-refractivity contribution in [2.45, 2.75) is 39.7 Å². The lowest BCUT2D eigenvalue weighted by molar-refractivity contribution is -0.146. The molecule has 0 aliphatic rings. The molecule has 0 saturated carbocycles. The van der Waals surface area contributed by atoms with Crippen LogP contribution in [0.2, 0.25) is 0 Å². The van der Waals surface area contributed by atoms with Gasteiger partial charge in [-0.05, 0) is 31.9 Å². The Bertz CT molecular complexity index is 607. The van der Waals surface area contributed by atoms with Crippen LogP contribution in [0.5, 0.6) is 0 Å². The smallest absolute Gasteiger partial charge is 0.328 e. The molecular formula is C16H23N3O2. The highest BCUT2D eigenvalue weighted by Crippen LogP contribution is 2.25. The first kappa shape index (κ1) is 15.4. The first-order chi connectivity index (χ1) is 10.2. The normalized spacial score (nSPS) is 12.3. The summed E-state index contributed by atoms with van der Waals surface area (Å²) in [6, 6.07) is 7.43.